The SMILES string of the molecule is COC(=O)C(C)N(C(=O)CCl)C1=C(C)C(C)(C)CC(C)C1. The third kappa shape index (κ3) is 3.79. The van der Waals surface area contributed by atoms with Crippen LogP contribution >= 0.6 is 11.6 Å². The van der Waals surface area contributed by atoms with Crippen LogP contribution in [0.4, 0.5) is 0 Å². The molecular weight excluding hydrogens is 290 g/mol. The van der Waals surface area contributed by atoms with Crippen molar-refractivity contribution in [3.8, 4) is 0 Å². The van der Waals surface area contributed by atoms with Crippen LogP contribution in [0.3, 0.4) is 0 Å². The summed E-state index contributed by atoms with van der Waals surface area (Å²) in [6.45, 7) is 10.2. The lowest BCUT2D eigenvalue weighted by Gasteiger charge is -2.41. The predicted octanol–water partition coefficient (Wildman–Crippen LogP) is 3.35. The maximum absolute atomic E-state index is 12.3. The Hall–Kier alpha value is -1.03. The Labute approximate surface area is 132 Å². The third-order valence-electron chi connectivity index (χ3n) is 4.45. The Morgan fingerprint density at radius 2 is 2.05 bits per heavy atom. The van der Waals surface area contributed by atoms with Crippen LogP contribution in [0.2, 0.25) is 0 Å². The molecule has 1 aliphatic rings. The Balaban J connectivity index is 3.31. The first kappa shape index (κ1) is 18.0. The first-order chi connectivity index (χ1) is 9.65. The summed E-state index contributed by atoms with van der Waals surface area (Å²) in [4.78, 5) is 25.7. The molecule has 0 aromatic carbocycles. The summed E-state index contributed by atoms with van der Waals surface area (Å²) >= 11 is 5.75. The van der Waals surface area contributed by atoms with Crippen molar-refractivity contribution in [3.63, 3.8) is 0 Å². The van der Waals surface area contributed by atoms with E-state index >= 15 is 0 Å². The molecule has 2 atom stereocenters. The van der Waals surface area contributed by atoms with Crippen molar-refractivity contribution in [2.75, 3.05) is 13.0 Å². The van der Waals surface area contributed by atoms with Gasteiger partial charge in [0.1, 0.15) is 11.9 Å². The van der Waals surface area contributed by atoms with Gasteiger partial charge in [-0.05, 0) is 43.6 Å². The lowest BCUT2D eigenvalue weighted by molar-refractivity contribution is -0.150. The lowest BCUT2D eigenvalue weighted by atomic mass is 9.70. The van der Waals surface area contributed by atoms with Crippen LogP contribution in [0.1, 0.15) is 47.5 Å². The number of carbonyl (C=O) groups is 2. The molecule has 0 aliphatic heterocycles. The van der Waals surface area contributed by atoms with Gasteiger partial charge in [-0.1, -0.05) is 20.8 Å². The van der Waals surface area contributed by atoms with Gasteiger partial charge in [-0.3, -0.25) is 4.79 Å². The molecule has 0 saturated heterocycles. The second kappa shape index (κ2) is 6.82. The second-order valence-electron chi connectivity index (χ2n) is 6.57. The number of nitrogens with zero attached hydrogens (tertiary/aromatic N) is 1. The van der Waals surface area contributed by atoms with Gasteiger partial charge in [0.25, 0.3) is 0 Å². The zero-order valence-corrected chi connectivity index (χ0v) is 14.6. The Kier molecular flexibility index (Phi) is 5.85. The summed E-state index contributed by atoms with van der Waals surface area (Å²) in [5, 5.41) is 0. The van der Waals surface area contributed by atoms with E-state index in [0.29, 0.717) is 5.92 Å². The molecule has 0 saturated carbocycles. The molecule has 0 aromatic rings. The number of hydrogen-bond donors (Lipinski definition) is 0. The molecule has 0 radical (unpaired) electrons. The molecule has 0 aromatic heterocycles. The molecule has 5 heteroatoms. The molecule has 1 rings (SSSR count). The molecule has 2 unspecified atom stereocenters. The zero-order valence-electron chi connectivity index (χ0n) is 13.8. The fraction of sp³-hybridized carbons (Fsp3) is 0.750. The fourth-order valence-corrected chi connectivity index (χ4v) is 3.32. The van der Waals surface area contributed by atoms with Gasteiger partial charge in [0.15, 0.2) is 0 Å². The summed E-state index contributed by atoms with van der Waals surface area (Å²) in [5.74, 6) is -0.375. The quantitative estimate of drug-likeness (QED) is 0.590. The number of methoxy groups -OCH3 is 1. The van der Waals surface area contributed by atoms with Crippen molar-refractivity contribution in [1.29, 1.82) is 0 Å². The van der Waals surface area contributed by atoms with E-state index in [9.17, 15) is 9.59 Å². The van der Waals surface area contributed by atoms with Crippen LogP contribution in [0.15, 0.2) is 11.3 Å². The highest BCUT2D eigenvalue weighted by molar-refractivity contribution is 6.27. The third-order valence-corrected chi connectivity index (χ3v) is 4.68. The Bertz CT molecular complexity index is 456. The van der Waals surface area contributed by atoms with E-state index in [1.165, 1.54) is 12.0 Å². The molecule has 120 valence electrons. The first-order valence-corrected chi connectivity index (χ1v) is 7.85. The molecule has 21 heavy (non-hydrogen) atoms. The first-order valence-electron chi connectivity index (χ1n) is 7.31. The average molecular weight is 316 g/mol. The molecule has 1 amide bonds. The van der Waals surface area contributed by atoms with Crippen LogP contribution in [-0.2, 0) is 14.3 Å². The van der Waals surface area contributed by atoms with Gasteiger partial charge in [-0.2, -0.15) is 0 Å². The number of esters is 1. The fourth-order valence-electron chi connectivity index (χ4n) is 3.19. The van der Waals surface area contributed by atoms with Crippen molar-refractivity contribution in [2.45, 2.75) is 53.5 Å². The van der Waals surface area contributed by atoms with Crippen LogP contribution in [-0.4, -0.2) is 35.8 Å². The summed E-state index contributed by atoms with van der Waals surface area (Å²) in [6, 6.07) is -0.660. The summed E-state index contributed by atoms with van der Waals surface area (Å²) in [7, 11) is 1.33. The number of ether oxygens (including phenoxy) is 1. The molecule has 0 bridgehead atoms. The van der Waals surface area contributed by atoms with Gasteiger partial charge < -0.3 is 9.64 Å². The van der Waals surface area contributed by atoms with E-state index in [1.54, 1.807) is 6.92 Å². The van der Waals surface area contributed by atoms with E-state index in [-0.39, 0.29) is 17.2 Å². The van der Waals surface area contributed by atoms with Gasteiger partial charge in [0.05, 0.1) is 7.11 Å². The Morgan fingerprint density at radius 3 is 2.52 bits per heavy atom. The smallest absolute Gasteiger partial charge is 0.328 e. The number of amides is 1. The molecule has 4 nitrogen and oxygen atoms in total. The van der Waals surface area contributed by atoms with E-state index in [1.807, 2.05) is 6.92 Å². The van der Waals surface area contributed by atoms with Gasteiger partial charge in [-0.25, -0.2) is 4.79 Å². The number of carbonyl (C=O) groups excluding carboxylic acids is 2. The van der Waals surface area contributed by atoms with Crippen molar-refractivity contribution in [1.82, 2.24) is 4.90 Å². The lowest BCUT2D eigenvalue weighted by Crippen LogP contribution is -2.46. The van der Waals surface area contributed by atoms with E-state index in [4.69, 9.17) is 16.3 Å². The second-order valence-corrected chi connectivity index (χ2v) is 6.83. The molecule has 1 aliphatic carbocycles. The number of rotatable bonds is 4. The van der Waals surface area contributed by atoms with Crippen molar-refractivity contribution in [2.24, 2.45) is 11.3 Å². The van der Waals surface area contributed by atoms with Crippen molar-refractivity contribution in [3.05, 3.63) is 11.3 Å². The van der Waals surface area contributed by atoms with Gasteiger partial charge >= 0.3 is 5.97 Å². The zero-order chi connectivity index (χ0) is 16.4. The van der Waals surface area contributed by atoms with Crippen LogP contribution in [0.5, 0.6) is 0 Å². The summed E-state index contributed by atoms with van der Waals surface area (Å²) < 4.78 is 4.79. The molecule has 0 fully saturated rings. The minimum atomic E-state index is -0.660. The van der Waals surface area contributed by atoms with Gasteiger partial charge in [0, 0.05) is 5.70 Å². The van der Waals surface area contributed by atoms with Crippen LogP contribution < -0.4 is 0 Å². The normalized spacial score (nSPS) is 22.7. The van der Waals surface area contributed by atoms with Crippen LogP contribution in [0, 0.1) is 11.3 Å². The number of halogens is 1. The average Bonchev–Trinajstić information content (AvgIpc) is 2.42. The number of hydrogen-bond acceptors (Lipinski definition) is 3. The monoisotopic (exact) mass is 315 g/mol. The highest BCUT2D eigenvalue weighted by atomic mass is 35.5. The maximum Gasteiger partial charge on any atom is 0.328 e. The van der Waals surface area contributed by atoms with Gasteiger partial charge in [0.2, 0.25) is 5.91 Å². The predicted molar refractivity (Wildman–Crippen MR) is 83.9 cm³/mol. The Morgan fingerprint density at radius 1 is 1.48 bits per heavy atom. The van der Waals surface area contributed by atoms with Gasteiger partial charge in [-0.15, -0.1) is 11.6 Å². The summed E-state index contributed by atoms with van der Waals surface area (Å²) in [6.07, 6.45) is 1.84. The number of alkyl halides is 1. The maximum atomic E-state index is 12.3. The standard InChI is InChI=1S/C16H26ClNO3/c1-10-7-13(11(2)16(4,5)8-10)18(14(19)9-17)12(3)15(20)21-6/h10,12H,7-9H2,1-6H3. The highest BCUT2D eigenvalue weighted by Crippen LogP contribution is 2.44. The van der Waals surface area contributed by atoms with E-state index in [2.05, 4.69) is 20.8 Å². The molecule has 0 N–H and O–H groups in total. The molecule has 0 heterocycles. The minimum Gasteiger partial charge on any atom is -0.467 e. The van der Waals surface area contributed by atoms with Crippen molar-refractivity contribution >= 4 is 23.5 Å². The van der Waals surface area contributed by atoms with Crippen molar-refractivity contribution < 1.29 is 14.3 Å². The number of allylic oxidation sites excluding steroid dienone is 2. The minimum absolute atomic E-state index is 0.00762. The molecule has 0 spiro atoms. The molecular formula is C16H26ClNO3. The highest BCUT2D eigenvalue weighted by Gasteiger charge is 2.37. The van der Waals surface area contributed by atoms with E-state index in [0.717, 1.165) is 24.1 Å². The topological polar surface area (TPSA) is 46.6 Å². The largest absolute Gasteiger partial charge is 0.467 e. The summed E-state index contributed by atoms with van der Waals surface area (Å²) in [5.41, 5.74) is 2.07. The van der Waals surface area contributed by atoms with Crippen LogP contribution in [0.25, 0.3) is 0 Å². The van der Waals surface area contributed by atoms with E-state index < -0.39 is 12.0 Å².